The topological polar surface area (TPSA) is 49.7 Å². The molecule has 0 bridgehead atoms. The largest absolute Gasteiger partial charge is 0.388 e. The summed E-state index contributed by atoms with van der Waals surface area (Å²) in [6.07, 6.45) is -1.00. The van der Waals surface area contributed by atoms with Gasteiger partial charge in [0.05, 0.1) is 6.10 Å². The molecule has 0 aromatic carbocycles. The minimum absolute atomic E-state index is 0.0541. The fourth-order valence-electron chi connectivity index (χ4n) is 1.13. The molecule has 1 fully saturated rings. The van der Waals surface area contributed by atoms with Crippen LogP contribution in [0.4, 0.5) is 0 Å². The zero-order valence-corrected chi connectivity index (χ0v) is 6.32. The van der Waals surface area contributed by atoms with Gasteiger partial charge in [-0.2, -0.15) is 0 Å². The van der Waals surface area contributed by atoms with Crippen LogP contribution in [-0.2, 0) is 4.74 Å². The Bertz CT molecular complexity index is 89.4. The van der Waals surface area contributed by atoms with E-state index >= 15 is 0 Å². The summed E-state index contributed by atoms with van der Waals surface area (Å²) in [5.41, 5.74) is 0. The van der Waals surface area contributed by atoms with Crippen LogP contribution in [0.5, 0.6) is 0 Å². The van der Waals surface area contributed by atoms with Gasteiger partial charge in [0.25, 0.3) is 0 Å². The van der Waals surface area contributed by atoms with Crippen LogP contribution < -0.4 is 0 Å². The van der Waals surface area contributed by atoms with Gasteiger partial charge in [-0.15, -0.1) is 0 Å². The molecule has 0 aliphatic carbocycles. The molecule has 1 saturated heterocycles. The Morgan fingerprint density at radius 3 is 2.40 bits per heavy atom. The van der Waals surface area contributed by atoms with Gasteiger partial charge in [-0.3, -0.25) is 0 Å². The van der Waals surface area contributed by atoms with E-state index in [9.17, 15) is 0 Å². The van der Waals surface area contributed by atoms with Gasteiger partial charge in [-0.25, -0.2) is 0 Å². The summed E-state index contributed by atoms with van der Waals surface area (Å²) in [4.78, 5) is 0. The van der Waals surface area contributed by atoms with Crippen LogP contribution in [0.2, 0.25) is 0 Å². The highest BCUT2D eigenvalue weighted by Crippen LogP contribution is 2.23. The summed E-state index contributed by atoms with van der Waals surface area (Å²) in [5.74, 6) is 0.332. The molecule has 1 rings (SSSR count). The van der Waals surface area contributed by atoms with Gasteiger partial charge in [0.2, 0.25) is 0 Å². The van der Waals surface area contributed by atoms with Crippen molar-refractivity contribution in [2.45, 2.75) is 38.8 Å². The number of hydrogen-bond donors (Lipinski definition) is 2. The molecule has 0 aromatic rings. The molecule has 0 spiro atoms. The van der Waals surface area contributed by atoms with Gasteiger partial charge in [0, 0.05) is 0 Å². The molecule has 1 aliphatic heterocycles. The van der Waals surface area contributed by atoms with Gasteiger partial charge < -0.3 is 14.9 Å². The lowest BCUT2D eigenvalue weighted by molar-refractivity contribution is -0.226. The van der Waals surface area contributed by atoms with E-state index in [2.05, 4.69) is 0 Å². The van der Waals surface area contributed by atoms with Crippen molar-refractivity contribution in [2.75, 3.05) is 0 Å². The molecule has 0 saturated carbocycles. The molecule has 2 N–H and O–H groups in total. The van der Waals surface area contributed by atoms with E-state index in [4.69, 9.17) is 14.9 Å². The molecule has 10 heavy (non-hydrogen) atoms. The zero-order valence-electron chi connectivity index (χ0n) is 6.32. The molecular formula is C7H14O3. The Labute approximate surface area is 60.6 Å². The van der Waals surface area contributed by atoms with Crippen molar-refractivity contribution in [3.63, 3.8) is 0 Å². The lowest BCUT2D eigenvalue weighted by Gasteiger charge is -2.33. The normalized spacial score (nSPS) is 49.2. The third kappa shape index (κ3) is 1.48. The highest BCUT2D eigenvalue weighted by molar-refractivity contribution is 4.74. The summed E-state index contributed by atoms with van der Waals surface area (Å²) in [7, 11) is 0. The highest BCUT2D eigenvalue weighted by Gasteiger charge is 2.30. The first-order valence-corrected chi connectivity index (χ1v) is 3.63. The van der Waals surface area contributed by atoms with E-state index in [1.54, 1.807) is 0 Å². The number of aliphatic hydroxyl groups excluding tert-OH is 2. The fraction of sp³-hybridized carbons (Fsp3) is 1.00. The van der Waals surface area contributed by atoms with Crippen LogP contribution in [0.3, 0.4) is 0 Å². The number of rotatable bonds is 0. The van der Waals surface area contributed by atoms with Gasteiger partial charge in [0.15, 0.2) is 6.29 Å². The summed E-state index contributed by atoms with van der Waals surface area (Å²) in [6.45, 7) is 3.90. The molecular weight excluding hydrogens is 132 g/mol. The quantitative estimate of drug-likeness (QED) is 0.510. The minimum atomic E-state index is -0.980. The zero-order chi connectivity index (χ0) is 7.72. The van der Waals surface area contributed by atoms with Crippen LogP contribution in [0.15, 0.2) is 0 Å². The van der Waals surface area contributed by atoms with Crippen molar-refractivity contribution in [3.05, 3.63) is 0 Å². The van der Waals surface area contributed by atoms with Crippen LogP contribution in [0.1, 0.15) is 20.3 Å². The van der Waals surface area contributed by atoms with E-state index in [0.29, 0.717) is 12.3 Å². The molecule has 0 radical (unpaired) electrons. The maximum atomic E-state index is 9.09. The summed E-state index contributed by atoms with van der Waals surface area (Å²) in [6, 6.07) is 0. The van der Waals surface area contributed by atoms with E-state index in [1.807, 2.05) is 13.8 Å². The van der Waals surface area contributed by atoms with Crippen LogP contribution in [0, 0.1) is 5.92 Å². The molecule has 60 valence electrons. The maximum Gasteiger partial charge on any atom is 0.181 e. The highest BCUT2D eigenvalue weighted by atomic mass is 16.6. The Balaban J connectivity index is 2.46. The van der Waals surface area contributed by atoms with Crippen molar-refractivity contribution < 1.29 is 14.9 Å². The number of hydrogen-bond acceptors (Lipinski definition) is 3. The number of aliphatic hydroxyl groups is 2. The third-order valence-electron chi connectivity index (χ3n) is 2.10. The minimum Gasteiger partial charge on any atom is -0.388 e. The van der Waals surface area contributed by atoms with Crippen molar-refractivity contribution in [2.24, 2.45) is 5.92 Å². The van der Waals surface area contributed by atoms with Gasteiger partial charge >= 0.3 is 0 Å². The lowest BCUT2D eigenvalue weighted by Crippen LogP contribution is -2.41. The van der Waals surface area contributed by atoms with E-state index in [0.717, 1.165) is 0 Å². The van der Waals surface area contributed by atoms with Crippen LogP contribution >= 0.6 is 0 Å². The summed E-state index contributed by atoms with van der Waals surface area (Å²) >= 11 is 0. The van der Waals surface area contributed by atoms with E-state index in [1.165, 1.54) is 0 Å². The first-order valence-electron chi connectivity index (χ1n) is 3.63. The first kappa shape index (κ1) is 7.98. The Morgan fingerprint density at radius 1 is 1.30 bits per heavy atom. The Morgan fingerprint density at radius 2 is 1.90 bits per heavy atom. The van der Waals surface area contributed by atoms with Crippen molar-refractivity contribution >= 4 is 0 Å². The average Bonchev–Trinajstić information content (AvgIpc) is 1.84. The van der Waals surface area contributed by atoms with Crippen molar-refractivity contribution in [1.82, 2.24) is 0 Å². The summed E-state index contributed by atoms with van der Waals surface area (Å²) < 4.78 is 5.02. The van der Waals surface area contributed by atoms with E-state index in [-0.39, 0.29) is 6.10 Å². The number of ether oxygens (including phenoxy) is 1. The first-order chi connectivity index (χ1) is 4.61. The third-order valence-corrected chi connectivity index (χ3v) is 2.10. The molecule has 0 unspecified atom stereocenters. The van der Waals surface area contributed by atoms with Gasteiger partial charge in [-0.05, 0) is 19.3 Å². The Hall–Kier alpha value is -0.120. The monoisotopic (exact) mass is 146 g/mol. The van der Waals surface area contributed by atoms with Crippen LogP contribution in [-0.4, -0.2) is 28.7 Å². The second-order valence-electron chi connectivity index (χ2n) is 3.01. The maximum absolute atomic E-state index is 9.09. The predicted octanol–water partition coefficient (Wildman–Crippen LogP) is 0.111. The fourth-order valence-corrected chi connectivity index (χ4v) is 1.13. The SMILES string of the molecule is C[C@H]1C[C@H](O)[C@@H](O)O[C@@H]1C. The second-order valence-corrected chi connectivity index (χ2v) is 3.01. The molecule has 4 atom stereocenters. The molecule has 1 heterocycles. The predicted molar refractivity (Wildman–Crippen MR) is 36.3 cm³/mol. The molecule has 1 aliphatic rings. The lowest BCUT2D eigenvalue weighted by atomic mass is 9.95. The second kappa shape index (κ2) is 2.86. The standard InChI is InChI=1S/C7H14O3/c1-4-3-6(8)7(9)10-5(4)2/h4-9H,3H2,1-2H3/t4-,5+,6-,7-/m0/s1. The molecule has 3 heteroatoms. The molecule has 0 aromatic heterocycles. The van der Waals surface area contributed by atoms with Crippen LogP contribution in [0.25, 0.3) is 0 Å². The summed E-state index contributed by atoms with van der Waals surface area (Å²) in [5, 5.41) is 18.1. The van der Waals surface area contributed by atoms with Gasteiger partial charge in [0.1, 0.15) is 6.10 Å². The molecule has 0 amide bonds. The Kier molecular flexibility index (Phi) is 2.28. The van der Waals surface area contributed by atoms with Crippen molar-refractivity contribution in [1.29, 1.82) is 0 Å². The van der Waals surface area contributed by atoms with Crippen molar-refractivity contribution in [3.8, 4) is 0 Å². The van der Waals surface area contributed by atoms with Gasteiger partial charge in [-0.1, -0.05) is 6.92 Å². The average molecular weight is 146 g/mol. The van der Waals surface area contributed by atoms with E-state index < -0.39 is 12.4 Å². The molecule has 3 nitrogen and oxygen atoms in total. The smallest absolute Gasteiger partial charge is 0.181 e.